The summed E-state index contributed by atoms with van der Waals surface area (Å²) in [5.74, 6) is 1.11. The Bertz CT molecular complexity index is 1190. The molecule has 8 nitrogen and oxygen atoms in total. The van der Waals surface area contributed by atoms with E-state index >= 15 is 0 Å². The van der Waals surface area contributed by atoms with Gasteiger partial charge in [0.1, 0.15) is 5.52 Å². The van der Waals surface area contributed by atoms with Crippen molar-refractivity contribution in [3.05, 3.63) is 57.8 Å². The van der Waals surface area contributed by atoms with Crippen LogP contribution in [0.4, 0.5) is 5.82 Å². The normalized spacial score (nSPS) is 13.8. The van der Waals surface area contributed by atoms with Crippen molar-refractivity contribution in [2.24, 2.45) is 0 Å². The first-order valence-corrected chi connectivity index (χ1v) is 9.05. The fourth-order valence-corrected chi connectivity index (χ4v) is 3.76. The Labute approximate surface area is 154 Å². The number of aromatic amines is 2. The number of nitrogens with two attached hydrogens (primary N) is 1. The summed E-state index contributed by atoms with van der Waals surface area (Å²) in [6.45, 7) is 0.431. The highest BCUT2D eigenvalue weighted by Gasteiger charge is 2.17. The maximum absolute atomic E-state index is 12.5. The predicted molar refractivity (Wildman–Crippen MR) is 102 cm³/mol. The van der Waals surface area contributed by atoms with E-state index in [4.69, 9.17) is 5.73 Å². The van der Waals surface area contributed by atoms with Crippen molar-refractivity contribution in [1.29, 1.82) is 0 Å². The second-order valence-corrected chi connectivity index (χ2v) is 6.90. The molecule has 1 aliphatic rings. The number of rotatable bonds is 3. The first-order valence-electron chi connectivity index (χ1n) is 9.05. The zero-order valence-electron chi connectivity index (χ0n) is 14.7. The number of fused-ring (bicyclic) bond motifs is 2. The van der Waals surface area contributed by atoms with Gasteiger partial charge in [-0.1, -0.05) is 18.2 Å². The molecule has 0 saturated heterocycles. The van der Waals surface area contributed by atoms with E-state index in [-0.39, 0.29) is 11.5 Å². The molecule has 4 N–H and O–H groups in total. The minimum atomic E-state index is -0.250. The summed E-state index contributed by atoms with van der Waals surface area (Å²) in [7, 11) is 0. The van der Waals surface area contributed by atoms with Crippen LogP contribution >= 0.6 is 0 Å². The number of imidazole rings is 2. The first-order chi connectivity index (χ1) is 13.2. The van der Waals surface area contributed by atoms with Crippen molar-refractivity contribution in [1.82, 2.24) is 29.5 Å². The Kier molecular flexibility index (Phi) is 3.56. The number of hydrogen-bond donors (Lipinski definition) is 3. The van der Waals surface area contributed by atoms with Crippen molar-refractivity contribution in [3.63, 3.8) is 0 Å². The third kappa shape index (κ3) is 2.69. The third-order valence-corrected chi connectivity index (χ3v) is 5.11. The number of nitrogens with zero attached hydrogens (tertiary/aromatic N) is 4. The second kappa shape index (κ2) is 6.08. The molecule has 136 valence electrons. The molecule has 3 aromatic heterocycles. The fourth-order valence-electron chi connectivity index (χ4n) is 3.76. The largest absolute Gasteiger partial charge is 0.382 e. The molecule has 0 saturated carbocycles. The predicted octanol–water partition coefficient (Wildman–Crippen LogP) is 2.02. The van der Waals surface area contributed by atoms with Crippen molar-refractivity contribution in [2.75, 3.05) is 5.73 Å². The average molecular weight is 361 g/mol. The molecule has 4 aromatic rings. The van der Waals surface area contributed by atoms with Gasteiger partial charge in [-0.05, 0) is 42.4 Å². The van der Waals surface area contributed by atoms with Crippen LogP contribution in [0, 0.1) is 0 Å². The number of nitrogens with one attached hydrogen (secondary N) is 2. The number of hydrogen-bond acceptors (Lipinski definition) is 5. The Morgan fingerprint density at radius 3 is 2.81 bits per heavy atom. The van der Waals surface area contributed by atoms with Gasteiger partial charge in [0.15, 0.2) is 23.1 Å². The van der Waals surface area contributed by atoms with E-state index in [1.807, 2.05) is 0 Å². The number of aromatic nitrogens is 6. The Balaban J connectivity index is 1.60. The lowest BCUT2D eigenvalue weighted by atomic mass is 9.90. The third-order valence-electron chi connectivity index (χ3n) is 5.11. The van der Waals surface area contributed by atoms with E-state index in [0.717, 1.165) is 18.4 Å². The van der Waals surface area contributed by atoms with Crippen LogP contribution in [0.25, 0.3) is 22.8 Å². The van der Waals surface area contributed by atoms with Crippen LogP contribution in [0.3, 0.4) is 0 Å². The molecule has 0 spiro atoms. The standard InChI is InChI=1S/C19H19N7O/c20-15-14-18(25-17(24-15)16-21-7-8-22-16)26(19(27)23-14)10-11-5-6-12-3-1-2-4-13(12)9-11/h5-9H,1-4,10H2,(H,21,22)(H,23,27)(H2,20,24,25). The topological polar surface area (TPSA) is 118 Å². The molecule has 0 fully saturated rings. The lowest BCUT2D eigenvalue weighted by Crippen LogP contribution is -2.18. The van der Waals surface area contributed by atoms with Gasteiger partial charge in [-0.2, -0.15) is 0 Å². The average Bonchev–Trinajstić information content (AvgIpc) is 3.31. The van der Waals surface area contributed by atoms with E-state index in [0.29, 0.717) is 29.4 Å². The summed E-state index contributed by atoms with van der Waals surface area (Å²) in [5.41, 5.74) is 10.6. The van der Waals surface area contributed by atoms with Gasteiger partial charge in [0.25, 0.3) is 0 Å². The molecule has 3 heterocycles. The molecule has 0 aliphatic heterocycles. The van der Waals surface area contributed by atoms with Crippen LogP contribution in [0.15, 0.2) is 35.4 Å². The van der Waals surface area contributed by atoms with Gasteiger partial charge in [0.05, 0.1) is 6.54 Å². The number of nitrogen functional groups attached to an aromatic ring is 1. The molecule has 1 aromatic carbocycles. The van der Waals surface area contributed by atoms with E-state index in [2.05, 4.69) is 43.1 Å². The van der Waals surface area contributed by atoms with Gasteiger partial charge in [0, 0.05) is 12.4 Å². The summed E-state index contributed by atoms with van der Waals surface area (Å²) >= 11 is 0. The highest BCUT2D eigenvalue weighted by molar-refractivity contribution is 5.83. The molecule has 0 amide bonds. The molecule has 1 aliphatic carbocycles. The molecule has 8 heteroatoms. The molecule has 5 rings (SSSR count). The maximum Gasteiger partial charge on any atom is 0.328 e. The first kappa shape index (κ1) is 15.8. The van der Waals surface area contributed by atoms with Crippen LogP contribution in [0.2, 0.25) is 0 Å². The maximum atomic E-state index is 12.5. The zero-order valence-corrected chi connectivity index (χ0v) is 14.7. The highest BCUT2D eigenvalue weighted by Crippen LogP contribution is 2.24. The summed E-state index contributed by atoms with van der Waals surface area (Å²) < 4.78 is 1.60. The number of benzene rings is 1. The molecule has 0 radical (unpaired) electrons. The summed E-state index contributed by atoms with van der Waals surface area (Å²) in [6, 6.07) is 6.48. The highest BCUT2D eigenvalue weighted by atomic mass is 16.1. The quantitative estimate of drug-likeness (QED) is 0.516. The number of aryl methyl sites for hydroxylation is 2. The van der Waals surface area contributed by atoms with E-state index in [1.54, 1.807) is 17.0 Å². The Hall–Kier alpha value is -3.42. The molecular formula is C19H19N7O. The fraction of sp³-hybridized carbons (Fsp3) is 0.263. The summed E-state index contributed by atoms with van der Waals surface area (Å²) in [5, 5.41) is 0. The molecule has 0 bridgehead atoms. The van der Waals surface area contributed by atoms with Crippen LogP contribution in [-0.2, 0) is 19.4 Å². The van der Waals surface area contributed by atoms with Gasteiger partial charge >= 0.3 is 5.69 Å². The van der Waals surface area contributed by atoms with Gasteiger partial charge in [-0.3, -0.25) is 4.57 Å². The minimum absolute atomic E-state index is 0.229. The van der Waals surface area contributed by atoms with Crippen molar-refractivity contribution < 1.29 is 0 Å². The Morgan fingerprint density at radius 2 is 2.00 bits per heavy atom. The molecule has 0 atom stereocenters. The smallest absolute Gasteiger partial charge is 0.328 e. The summed E-state index contributed by atoms with van der Waals surface area (Å²) in [4.78, 5) is 31.2. The van der Waals surface area contributed by atoms with Crippen LogP contribution < -0.4 is 11.4 Å². The van der Waals surface area contributed by atoms with E-state index < -0.39 is 0 Å². The van der Waals surface area contributed by atoms with E-state index in [1.165, 1.54) is 24.0 Å². The van der Waals surface area contributed by atoms with Crippen LogP contribution in [0.1, 0.15) is 29.5 Å². The van der Waals surface area contributed by atoms with Gasteiger partial charge in [-0.25, -0.2) is 19.7 Å². The second-order valence-electron chi connectivity index (χ2n) is 6.90. The number of H-pyrrole nitrogens is 2. The van der Waals surface area contributed by atoms with Crippen molar-refractivity contribution >= 4 is 17.0 Å². The van der Waals surface area contributed by atoms with Crippen molar-refractivity contribution in [3.8, 4) is 11.6 Å². The number of anilines is 1. The molecular weight excluding hydrogens is 342 g/mol. The lowest BCUT2D eigenvalue weighted by molar-refractivity contribution is 0.682. The van der Waals surface area contributed by atoms with E-state index in [9.17, 15) is 4.79 Å². The zero-order chi connectivity index (χ0) is 18.4. The lowest BCUT2D eigenvalue weighted by Gasteiger charge is -2.16. The monoisotopic (exact) mass is 361 g/mol. The minimum Gasteiger partial charge on any atom is -0.382 e. The van der Waals surface area contributed by atoms with Gasteiger partial charge < -0.3 is 15.7 Å². The molecule has 0 unspecified atom stereocenters. The van der Waals surface area contributed by atoms with Gasteiger partial charge in [0.2, 0.25) is 0 Å². The summed E-state index contributed by atoms with van der Waals surface area (Å²) in [6.07, 6.45) is 8.02. The Morgan fingerprint density at radius 1 is 1.15 bits per heavy atom. The SMILES string of the molecule is Nc1nc(-c2ncc[nH]2)nc2c1[nH]c(=O)n2Cc1ccc2c(c1)CCCC2. The van der Waals surface area contributed by atoms with Crippen molar-refractivity contribution in [2.45, 2.75) is 32.2 Å². The van der Waals surface area contributed by atoms with Crippen LogP contribution in [-0.4, -0.2) is 29.5 Å². The molecule has 27 heavy (non-hydrogen) atoms. The van der Waals surface area contributed by atoms with Gasteiger partial charge in [-0.15, -0.1) is 0 Å². The van der Waals surface area contributed by atoms with Crippen LogP contribution in [0.5, 0.6) is 0 Å².